The number of nitrogens with zero attached hydrogens (tertiary/aromatic N) is 3. The summed E-state index contributed by atoms with van der Waals surface area (Å²) in [7, 11) is 0. The largest absolute Gasteiger partial charge is 0.478 e. The number of likely N-dealkylation sites (tertiary alicyclic amines) is 1. The Balaban J connectivity index is 1.49. The highest BCUT2D eigenvalue weighted by Crippen LogP contribution is 2.27. The Morgan fingerprint density at radius 3 is 2.65 bits per heavy atom. The summed E-state index contributed by atoms with van der Waals surface area (Å²) >= 11 is 0. The molecule has 7 nitrogen and oxygen atoms in total. The molecular weight excluding hydrogens is 332 g/mol. The standard InChI is InChI=1S/C19H20N4O3/c1-12-17(15-4-2-3-5-16(15)21-12)18(24)22-8-6-14(7-9-22)23-11-13(10-20-23)19(25)26/h2-5,10-11,14,21H,6-9H2,1H3,(H,25,26). The Bertz CT molecular complexity index is 980. The van der Waals surface area contributed by atoms with Crippen LogP contribution >= 0.6 is 0 Å². The predicted octanol–water partition coefficient (Wildman–Crippen LogP) is 2.85. The van der Waals surface area contributed by atoms with Gasteiger partial charge in [-0.25, -0.2) is 4.79 Å². The summed E-state index contributed by atoms with van der Waals surface area (Å²) < 4.78 is 1.71. The molecule has 2 N–H and O–H groups in total. The van der Waals surface area contributed by atoms with Gasteiger partial charge >= 0.3 is 5.97 Å². The summed E-state index contributed by atoms with van der Waals surface area (Å²) in [6.07, 6.45) is 4.45. The van der Waals surface area contributed by atoms with E-state index in [9.17, 15) is 9.59 Å². The summed E-state index contributed by atoms with van der Waals surface area (Å²) in [4.78, 5) is 29.2. The van der Waals surface area contributed by atoms with Crippen LogP contribution < -0.4 is 0 Å². The normalized spacial score (nSPS) is 15.5. The number of aromatic nitrogens is 3. The number of piperidine rings is 1. The monoisotopic (exact) mass is 352 g/mol. The second-order valence-electron chi connectivity index (χ2n) is 6.71. The quantitative estimate of drug-likeness (QED) is 0.758. The number of benzene rings is 1. The molecule has 3 heterocycles. The first kappa shape index (κ1) is 16.4. The number of fused-ring (bicyclic) bond motifs is 1. The van der Waals surface area contributed by atoms with Crippen LogP contribution in [-0.4, -0.2) is 49.7 Å². The van der Waals surface area contributed by atoms with Gasteiger partial charge in [0.25, 0.3) is 5.91 Å². The van der Waals surface area contributed by atoms with Gasteiger partial charge in [0.2, 0.25) is 0 Å². The van der Waals surface area contributed by atoms with Gasteiger partial charge in [0.15, 0.2) is 0 Å². The number of hydrogen-bond acceptors (Lipinski definition) is 3. The van der Waals surface area contributed by atoms with Crippen LogP contribution in [0.15, 0.2) is 36.7 Å². The molecule has 1 amide bonds. The Kier molecular flexibility index (Phi) is 3.99. The maximum atomic E-state index is 13.0. The zero-order valence-electron chi connectivity index (χ0n) is 14.5. The highest BCUT2D eigenvalue weighted by molar-refractivity contribution is 6.08. The molecule has 3 aromatic rings. The summed E-state index contributed by atoms with van der Waals surface area (Å²) in [6, 6.07) is 7.96. The van der Waals surface area contributed by atoms with Gasteiger partial charge in [0, 0.05) is 35.9 Å². The topological polar surface area (TPSA) is 91.2 Å². The lowest BCUT2D eigenvalue weighted by atomic mass is 10.0. The van der Waals surface area contributed by atoms with Crippen molar-refractivity contribution in [1.29, 1.82) is 0 Å². The lowest BCUT2D eigenvalue weighted by molar-refractivity contribution is 0.0689. The minimum Gasteiger partial charge on any atom is -0.478 e. The Morgan fingerprint density at radius 1 is 1.23 bits per heavy atom. The van der Waals surface area contributed by atoms with Crippen molar-refractivity contribution < 1.29 is 14.7 Å². The van der Waals surface area contributed by atoms with Gasteiger partial charge in [-0.2, -0.15) is 5.10 Å². The molecule has 0 radical (unpaired) electrons. The third-order valence-corrected chi connectivity index (χ3v) is 5.08. The van der Waals surface area contributed by atoms with Crippen molar-refractivity contribution in [3.05, 3.63) is 53.5 Å². The number of nitrogens with one attached hydrogen (secondary N) is 1. The van der Waals surface area contributed by atoms with E-state index in [2.05, 4.69) is 10.1 Å². The van der Waals surface area contributed by atoms with Crippen LogP contribution in [0.3, 0.4) is 0 Å². The van der Waals surface area contributed by atoms with E-state index >= 15 is 0 Å². The molecule has 134 valence electrons. The second-order valence-corrected chi connectivity index (χ2v) is 6.71. The number of para-hydroxylation sites is 1. The molecule has 0 saturated carbocycles. The maximum absolute atomic E-state index is 13.0. The van der Waals surface area contributed by atoms with Crippen molar-refractivity contribution >= 4 is 22.8 Å². The fourth-order valence-corrected chi connectivity index (χ4v) is 3.69. The number of aromatic carboxylic acids is 1. The third kappa shape index (κ3) is 2.75. The van der Waals surface area contributed by atoms with Gasteiger partial charge in [-0.1, -0.05) is 18.2 Å². The van der Waals surface area contributed by atoms with Gasteiger partial charge in [-0.3, -0.25) is 9.48 Å². The molecule has 0 bridgehead atoms. The van der Waals surface area contributed by atoms with E-state index in [-0.39, 0.29) is 17.5 Å². The molecule has 1 aromatic carbocycles. The van der Waals surface area contributed by atoms with Crippen LogP contribution in [0.1, 0.15) is 45.3 Å². The summed E-state index contributed by atoms with van der Waals surface area (Å²) in [5.41, 5.74) is 2.79. The minimum atomic E-state index is -0.973. The minimum absolute atomic E-state index is 0.0464. The first-order valence-corrected chi connectivity index (χ1v) is 8.68. The van der Waals surface area contributed by atoms with E-state index < -0.39 is 5.97 Å². The Hall–Kier alpha value is -3.09. The highest BCUT2D eigenvalue weighted by atomic mass is 16.4. The van der Waals surface area contributed by atoms with Crippen LogP contribution in [0.2, 0.25) is 0 Å². The zero-order valence-corrected chi connectivity index (χ0v) is 14.5. The number of rotatable bonds is 3. The molecule has 0 aliphatic carbocycles. The number of hydrogen-bond donors (Lipinski definition) is 2. The van der Waals surface area contributed by atoms with Crippen LogP contribution in [-0.2, 0) is 0 Å². The van der Waals surface area contributed by atoms with E-state index in [0.29, 0.717) is 13.1 Å². The fourth-order valence-electron chi connectivity index (χ4n) is 3.69. The molecule has 1 aliphatic rings. The van der Waals surface area contributed by atoms with E-state index in [4.69, 9.17) is 5.11 Å². The van der Waals surface area contributed by atoms with Crippen LogP contribution in [0, 0.1) is 6.92 Å². The van der Waals surface area contributed by atoms with E-state index in [1.165, 1.54) is 6.20 Å². The average molecular weight is 352 g/mol. The van der Waals surface area contributed by atoms with E-state index in [0.717, 1.165) is 35.0 Å². The van der Waals surface area contributed by atoms with Crippen LogP contribution in [0.5, 0.6) is 0 Å². The van der Waals surface area contributed by atoms with Gasteiger partial charge in [0.05, 0.1) is 23.4 Å². The molecule has 1 fully saturated rings. The van der Waals surface area contributed by atoms with Gasteiger partial charge < -0.3 is 15.0 Å². The number of carbonyl (C=O) groups excluding carboxylic acids is 1. The van der Waals surface area contributed by atoms with Crippen molar-refractivity contribution in [3.63, 3.8) is 0 Å². The Morgan fingerprint density at radius 2 is 1.96 bits per heavy atom. The summed E-state index contributed by atoms with van der Waals surface area (Å²) in [6.45, 7) is 3.19. The number of aromatic amines is 1. The number of carboxylic acid groups (broad SMARTS) is 1. The van der Waals surface area contributed by atoms with Crippen molar-refractivity contribution in [3.8, 4) is 0 Å². The van der Waals surface area contributed by atoms with Crippen LogP contribution in [0.25, 0.3) is 10.9 Å². The first-order chi connectivity index (χ1) is 12.5. The molecular formula is C19H20N4O3. The Labute approximate surface area is 150 Å². The SMILES string of the molecule is Cc1[nH]c2ccccc2c1C(=O)N1CCC(n2cc(C(=O)O)cn2)CC1. The molecule has 1 saturated heterocycles. The average Bonchev–Trinajstić information content (AvgIpc) is 3.25. The molecule has 4 rings (SSSR count). The van der Waals surface area contributed by atoms with E-state index in [1.807, 2.05) is 36.1 Å². The molecule has 2 aromatic heterocycles. The lowest BCUT2D eigenvalue weighted by Crippen LogP contribution is -2.39. The van der Waals surface area contributed by atoms with Gasteiger partial charge in [0.1, 0.15) is 0 Å². The summed E-state index contributed by atoms with van der Waals surface area (Å²) in [5.74, 6) is -0.927. The third-order valence-electron chi connectivity index (χ3n) is 5.08. The molecule has 0 unspecified atom stereocenters. The number of aryl methyl sites for hydroxylation is 1. The molecule has 0 spiro atoms. The first-order valence-electron chi connectivity index (χ1n) is 8.68. The van der Waals surface area contributed by atoms with Crippen LogP contribution in [0.4, 0.5) is 0 Å². The van der Waals surface area contributed by atoms with Crippen molar-refractivity contribution in [1.82, 2.24) is 19.7 Å². The number of carboxylic acids is 1. The number of carbonyl (C=O) groups is 2. The highest BCUT2D eigenvalue weighted by Gasteiger charge is 2.27. The van der Waals surface area contributed by atoms with Crippen molar-refractivity contribution in [2.24, 2.45) is 0 Å². The second kappa shape index (κ2) is 6.33. The zero-order chi connectivity index (χ0) is 18.3. The van der Waals surface area contributed by atoms with Gasteiger partial charge in [-0.15, -0.1) is 0 Å². The molecule has 26 heavy (non-hydrogen) atoms. The van der Waals surface area contributed by atoms with Crippen molar-refractivity contribution in [2.75, 3.05) is 13.1 Å². The maximum Gasteiger partial charge on any atom is 0.338 e. The van der Waals surface area contributed by atoms with E-state index in [1.54, 1.807) is 10.9 Å². The molecule has 7 heteroatoms. The predicted molar refractivity (Wildman–Crippen MR) is 96.4 cm³/mol. The fraction of sp³-hybridized carbons (Fsp3) is 0.316. The lowest BCUT2D eigenvalue weighted by Gasteiger charge is -2.32. The number of H-pyrrole nitrogens is 1. The van der Waals surface area contributed by atoms with Crippen molar-refractivity contribution in [2.45, 2.75) is 25.8 Å². The number of amides is 1. The smallest absolute Gasteiger partial charge is 0.338 e. The summed E-state index contributed by atoms with van der Waals surface area (Å²) in [5, 5.41) is 14.1. The van der Waals surface area contributed by atoms with Gasteiger partial charge in [-0.05, 0) is 25.8 Å². The molecule has 1 aliphatic heterocycles. The molecule has 0 atom stereocenters.